The van der Waals surface area contributed by atoms with Gasteiger partial charge in [0.2, 0.25) is 0 Å². The van der Waals surface area contributed by atoms with Crippen molar-refractivity contribution in [3.05, 3.63) is 47.5 Å². The normalized spacial score (nSPS) is 16.5. The Bertz CT molecular complexity index is 939. The smallest absolute Gasteiger partial charge is 0.320 e. The van der Waals surface area contributed by atoms with Crippen LogP contribution < -0.4 is 26.4 Å². The SMILES string of the molecule is N=C(c1ccccc1OC1CC1)c1ccc(NC(=O)NCCN2CCNCC2)nc1N. The van der Waals surface area contributed by atoms with Crippen molar-refractivity contribution >= 4 is 23.4 Å². The van der Waals surface area contributed by atoms with Crippen LogP contribution in [0.15, 0.2) is 36.4 Å². The van der Waals surface area contributed by atoms with Gasteiger partial charge in [-0.3, -0.25) is 15.6 Å². The number of para-hydroxylation sites is 1. The van der Waals surface area contributed by atoms with Crippen molar-refractivity contribution in [2.75, 3.05) is 50.3 Å². The summed E-state index contributed by atoms with van der Waals surface area (Å²) in [6.45, 7) is 5.31. The number of nitrogens with two attached hydrogens (primary N) is 1. The van der Waals surface area contributed by atoms with Crippen LogP contribution in [0.5, 0.6) is 5.75 Å². The summed E-state index contributed by atoms with van der Waals surface area (Å²) in [5.74, 6) is 1.21. The highest BCUT2D eigenvalue weighted by Gasteiger charge is 2.25. The summed E-state index contributed by atoms with van der Waals surface area (Å²) in [6.07, 6.45) is 2.33. The summed E-state index contributed by atoms with van der Waals surface area (Å²) in [6, 6.07) is 10.5. The van der Waals surface area contributed by atoms with Crippen molar-refractivity contribution in [1.29, 1.82) is 5.41 Å². The van der Waals surface area contributed by atoms with Gasteiger partial charge in [0.25, 0.3) is 0 Å². The zero-order valence-corrected chi connectivity index (χ0v) is 17.5. The summed E-state index contributed by atoms with van der Waals surface area (Å²) in [5.41, 5.74) is 7.54. The Morgan fingerprint density at radius 3 is 2.71 bits per heavy atom. The second-order valence-electron chi connectivity index (χ2n) is 7.79. The number of nitrogens with zero attached hydrogens (tertiary/aromatic N) is 2. The molecule has 0 radical (unpaired) electrons. The molecule has 2 heterocycles. The molecule has 2 aromatic rings. The first kappa shape index (κ1) is 21.1. The Kier molecular flexibility index (Phi) is 6.63. The Morgan fingerprint density at radius 1 is 1.19 bits per heavy atom. The molecular weight excluding hydrogens is 394 g/mol. The molecule has 164 valence electrons. The lowest BCUT2D eigenvalue weighted by Gasteiger charge is -2.27. The first-order valence-corrected chi connectivity index (χ1v) is 10.7. The fraction of sp³-hybridized carbons (Fsp3) is 0.409. The van der Waals surface area contributed by atoms with Crippen LogP contribution in [0.25, 0.3) is 0 Å². The van der Waals surface area contributed by atoms with E-state index in [1.54, 1.807) is 12.1 Å². The number of amides is 2. The van der Waals surface area contributed by atoms with Crippen LogP contribution in [0.2, 0.25) is 0 Å². The zero-order valence-electron chi connectivity index (χ0n) is 17.5. The van der Waals surface area contributed by atoms with Gasteiger partial charge in [-0.15, -0.1) is 0 Å². The van der Waals surface area contributed by atoms with E-state index in [9.17, 15) is 4.79 Å². The molecule has 0 spiro atoms. The minimum Gasteiger partial charge on any atom is -0.490 e. The third kappa shape index (κ3) is 5.71. The summed E-state index contributed by atoms with van der Waals surface area (Å²) in [5, 5.41) is 17.5. The largest absolute Gasteiger partial charge is 0.490 e. The molecule has 1 aromatic heterocycles. The maximum Gasteiger partial charge on any atom is 0.320 e. The summed E-state index contributed by atoms with van der Waals surface area (Å²) in [7, 11) is 0. The van der Waals surface area contributed by atoms with Gasteiger partial charge >= 0.3 is 6.03 Å². The minimum absolute atomic E-state index is 0.185. The van der Waals surface area contributed by atoms with Gasteiger partial charge in [0, 0.05) is 50.4 Å². The molecule has 31 heavy (non-hydrogen) atoms. The first-order valence-electron chi connectivity index (χ1n) is 10.7. The standard InChI is InChI=1S/C22H29N7O2/c23-20(16-3-1-2-4-18(16)31-15-5-6-15)17-7-8-19(27-21(17)24)28-22(30)26-11-14-29-12-9-25-10-13-29/h1-4,7-8,15,23,25H,5-6,9-14H2,(H4,24,26,27,28,30). The maximum absolute atomic E-state index is 12.2. The number of pyridine rings is 1. The molecule has 6 N–H and O–H groups in total. The average Bonchev–Trinajstić information content (AvgIpc) is 3.59. The number of urea groups is 1. The van der Waals surface area contributed by atoms with E-state index in [1.165, 1.54) is 0 Å². The first-order chi connectivity index (χ1) is 15.1. The Balaban J connectivity index is 1.34. The number of anilines is 2. The quantitative estimate of drug-likeness (QED) is 0.411. The molecule has 1 aliphatic carbocycles. The van der Waals surface area contributed by atoms with E-state index < -0.39 is 0 Å². The second kappa shape index (κ2) is 9.76. The fourth-order valence-corrected chi connectivity index (χ4v) is 3.47. The van der Waals surface area contributed by atoms with E-state index in [4.69, 9.17) is 15.9 Å². The van der Waals surface area contributed by atoms with Crippen LogP contribution >= 0.6 is 0 Å². The van der Waals surface area contributed by atoms with E-state index in [-0.39, 0.29) is 23.7 Å². The Morgan fingerprint density at radius 2 is 1.97 bits per heavy atom. The van der Waals surface area contributed by atoms with Gasteiger partial charge in [0.15, 0.2) is 0 Å². The summed E-state index contributed by atoms with van der Waals surface area (Å²) < 4.78 is 5.92. The molecular formula is C22H29N7O2. The van der Waals surface area contributed by atoms with Gasteiger partial charge in [-0.2, -0.15) is 0 Å². The molecule has 9 heteroatoms. The number of ether oxygens (including phenoxy) is 1. The number of rotatable bonds is 8. The molecule has 2 fully saturated rings. The third-order valence-corrected chi connectivity index (χ3v) is 5.33. The van der Waals surface area contributed by atoms with Gasteiger partial charge in [0.1, 0.15) is 17.4 Å². The highest BCUT2D eigenvalue weighted by molar-refractivity contribution is 6.15. The average molecular weight is 424 g/mol. The lowest BCUT2D eigenvalue weighted by atomic mass is 10.0. The molecule has 0 bridgehead atoms. The van der Waals surface area contributed by atoms with Crippen LogP contribution in [0.1, 0.15) is 24.0 Å². The fourth-order valence-electron chi connectivity index (χ4n) is 3.47. The van der Waals surface area contributed by atoms with E-state index in [2.05, 4.69) is 25.8 Å². The van der Waals surface area contributed by atoms with Crippen LogP contribution in [-0.4, -0.2) is 67.0 Å². The van der Waals surface area contributed by atoms with Crippen molar-refractivity contribution < 1.29 is 9.53 Å². The number of hydrogen-bond acceptors (Lipinski definition) is 7. The number of nitrogen functional groups attached to an aromatic ring is 1. The maximum atomic E-state index is 12.2. The number of benzene rings is 1. The van der Waals surface area contributed by atoms with Gasteiger partial charge in [-0.05, 0) is 37.1 Å². The number of nitrogens with one attached hydrogen (secondary N) is 4. The van der Waals surface area contributed by atoms with Gasteiger partial charge in [-0.25, -0.2) is 9.78 Å². The molecule has 9 nitrogen and oxygen atoms in total. The molecule has 2 amide bonds. The molecule has 1 saturated heterocycles. The topological polar surface area (TPSA) is 128 Å². The molecule has 4 rings (SSSR count). The number of hydrogen-bond donors (Lipinski definition) is 5. The van der Waals surface area contributed by atoms with Gasteiger partial charge in [-0.1, -0.05) is 12.1 Å². The number of piperazine rings is 1. The Labute approximate surface area is 181 Å². The predicted octanol–water partition coefficient (Wildman–Crippen LogP) is 1.65. The Hall–Kier alpha value is -3.17. The van der Waals surface area contributed by atoms with Crippen LogP contribution in [0.3, 0.4) is 0 Å². The molecule has 1 saturated carbocycles. The number of carbonyl (C=O) groups is 1. The molecule has 1 aromatic carbocycles. The highest BCUT2D eigenvalue weighted by Crippen LogP contribution is 2.30. The van der Waals surface area contributed by atoms with Crippen molar-refractivity contribution in [3.63, 3.8) is 0 Å². The van der Waals surface area contributed by atoms with Crippen LogP contribution in [0.4, 0.5) is 16.4 Å². The molecule has 2 aliphatic rings. The zero-order chi connectivity index (χ0) is 21.6. The van der Waals surface area contributed by atoms with Crippen molar-refractivity contribution in [2.24, 2.45) is 0 Å². The van der Waals surface area contributed by atoms with Crippen LogP contribution in [0, 0.1) is 5.41 Å². The van der Waals surface area contributed by atoms with Crippen LogP contribution in [-0.2, 0) is 0 Å². The number of aromatic nitrogens is 1. The van der Waals surface area contributed by atoms with E-state index in [1.807, 2.05) is 24.3 Å². The lowest BCUT2D eigenvalue weighted by molar-refractivity contribution is 0.233. The monoisotopic (exact) mass is 423 g/mol. The molecule has 0 unspecified atom stereocenters. The molecule has 0 atom stereocenters. The lowest BCUT2D eigenvalue weighted by Crippen LogP contribution is -2.46. The van der Waals surface area contributed by atoms with Crippen molar-refractivity contribution in [1.82, 2.24) is 20.5 Å². The van der Waals surface area contributed by atoms with E-state index >= 15 is 0 Å². The van der Waals surface area contributed by atoms with Crippen molar-refractivity contribution in [2.45, 2.75) is 18.9 Å². The van der Waals surface area contributed by atoms with Gasteiger partial charge < -0.3 is 21.1 Å². The highest BCUT2D eigenvalue weighted by atomic mass is 16.5. The second-order valence-corrected chi connectivity index (χ2v) is 7.79. The molecule has 1 aliphatic heterocycles. The third-order valence-electron chi connectivity index (χ3n) is 5.33. The number of carbonyl (C=O) groups excluding carboxylic acids is 1. The summed E-state index contributed by atoms with van der Waals surface area (Å²) >= 11 is 0. The minimum atomic E-state index is -0.326. The van der Waals surface area contributed by atoms with Crippen molar-refractivity contribution in [3.8, 4) is 5.75 Å². The predicted molar refractivity (Wildman–Crippen MR) is 121 cm³/mol. The van der Waals surface area contributed by atoms with E-state index in [0.717, 1.165) is 45.6 Å². The van der Waals surface area contributed by atoms with Gasteiger partial charge in [0.05, 0.1) is 11.8 Å². The summed E-state index contributed by atoms with van der Waals surface area (Å²) in [4.78, 5) is 18.7. The van der Waals surface area contributed by atoms with E-state index in [0.29, 0.717) is 29.2 Å².